The first-order valence-corrected chi connectivity index (χ1v) is 9.38. The van der Waals surface area contributed by atoms with Gasteiger partial charge in [-0.25, -0.2) is 9.78 Å². The number of aryl methyl sites for hydroxylation is 1. The lowest BCUT2D eigenvalue weighted by Crippen LogP contribution is -2.16. The first-order valence-electron chi connectivity index (χ1n) is 9.38. The average Bonchev–Trinajstić information content (AvgIpc) is 3.16. The number of carboxylic acid groups (broad SMARTS) is 1. The minimum absolute atomic E-state index is 0.0746. The zero-order valence-electron chi connectivity index (χ0n) is 15.9. The summed E-state index contributed by atoms with van der Waals surface area (Å²) in [6.45, 7) is 2.45. The highest BCUT2D eigenvalue weighted by Gasteiger charge is 2.33. The Labute approximate surface area is 168 Å². The molecule has 0 fully saturated rings. The van der Waals surface area contributed by atoms with Crippen LogP contribution in [0.15, 0.2) is 66.9 Å². The van der Waals surface area contributed by atoms with Crippen LogP contribution in [-0.4, -0.2) is 28.4 Å². The van der Waals surface area contributed by atoms with Crippen LogP contribution in [0.5, 0.6) is 0 Å². The maximum Gasteiger partial charge on any atom is 0.328 e. The fraction of sp³-hybridized carbons (Fsp3) is 0.125. The Bertz CT molecular complexity index is 1130. The van der Waals surface area contributed by atoms with Crippen LogP contribution in [0.3, 0.4) is 0 Å². The Hall–Kier alpha value is -3.73. The lowest BCUT2D eigenvalue weighted by molar-refractivity contribution is -0.131. The van der Waals surface area contributed by atoms with Gasteiger partial charge in [0.1, 0.15) is 5.82 Å². The molecule has 2 aromatic carbocycles. The minimum Gasteiger partial charge on any atom is -0.478 e. The second kappa shape index (κ2) is 7.72. The van der Waals surface area contributed by atoms with E-state index in [1.165, 1.54) is 0 Å². The molecule has 0 spiro atoms. The van der Waals surface area contributed by atoms with Gasteiger partial charge in [-0.05, 0) is 47.4 Å². The van der Waals surface area contributed by atoms with Crippen molar-refractivity contribution in [2.24, 2.45) is 0 Å². The van der Waals surface area contributed by atoms with Crippen LogP contribution in [0, 0.1) is 6.92 Å². The molecule has 2 N–H and O–H groups in total. The number of carbonyl (C=O) groups excluding carboxylic acids is 1. The molecule has 1 aromatic heterocycles. The third-order valence-corrected chi connectivity index (χ3v) is 5.16. The molecule has 5 nitrogen and oxygen atoms in total. The summed E-state index contributed by atoms with van der Waals surface area (Å²) in [5.74, 6) is -0.521. The molecule has 2 heterocycles. The number of Topliss-reactive ketones (excluding diaryl/α,β-unsaturated/α-hetero) is 1. The molecule has 5 heteroatoms. The standard InChI is InChI=1S/C24H20N2O3/c1-15-5-2-3-8-18(15)23(29)20-14-26-24-22(20)19(11-12-25-24)17-7-4-6-16(13-17)9-10-21(27)28/h2-13,20H,14H2,1H3,(H,25,26)(H,27,28)/b10-9+. The maximum absolute atomic E-state index is 13.3. The third kappa shape index (κ3) is 3.67. The number of benzene rings is 2. The molecule has 1 atom stereocenters. The van der Waals surface area contributed by atoms with Gasteiger partial charge in [-0.15, -0.1) is 0 Å². The van der Waals surface area contributed by atoms with E-state index in [0.717, 1.165) is 45.3 Å². The van der Waals surface area contributed by atoms with Crippen molar-refractivity contribution >= 4 is 23.6 Å². The fourth-order valence-corrected chi connectivity index (χ4v) is 3.76. The topological polar surface area (TPSA) is 79.3 Å². The lowest BCUT2D eigenvalue weighted by atomic mass is 9.86. The SMILES string of the molecule is Cc1ccccc1C(=O)C1CNc2nccc(-c3cccc(/C=C/C(=O)O)c3)c21. The van der Waals surface area contributed by atoms with Gasteiger partial charge in [-0.1, -0.05) is 42.5 Å². The molecule has 0 saturated heterocycles. The number of rotatable bonds is 5. The van der Waals surface area contributed by atoms with E-state index >= 15 is 0 Å². The molecular weight excluding hydrogens is 364 g/mol. The fourth-order valence-electron chi connectivity index (χ4n) is 3.76. The van der Waals surface area contributed by atoms with Crippen molar-refractivity contribution in [2.75, 3.05) is 11.9 Å². The molecule has 1 unspecified atom stereocenters. The second-order valence-corrected chi connectivity index (χ2v) is 7.03. The smallest absolute Gasteiger partial charge is 0.328 e. The first kappa shape index (κ1) is 18.6. The number of fused-ring (bicyclic) bond motifs is 1. The van der Waals surface area contributed by atoms with Crippen LogP contribution in [0.1, 0.15) is 33.0 Å². The summed E-state index contributed by atoms with van der Waals surface area (Å²) >= 11 is 0. The number of anilines is 1. The predicted molar refractivity (Wildman–Crippen MR) is 113 cm³/mol. The van der Waals surface area contributed by atoms with Crippen molar-refractivity contribution in [3.05, 3.63) is 89.1 Å². The minimum atomic E-state index is -0.992. The summed E-state index contributed by atoms with van der Waals surface area (Å²) < 4.78 is 0. The summed E-state index contributed by atoms with van der Waals surface area (Å²) in [6, 6.07) is 17.1. The molecule has 0 saturated carbocycles. The van der Waals surface area contributed by atoms with Gasteiger partial charge < -0.3 is 10.4 Å². The summed E-state index contributed by atoms with van der Waals surface area (Å²) in [5.41, 5.74) is 5.19. The van der Waals surface area contributed by atoms with Crippen LogP contribution < -0.4 is 5.32 Å². The molecular formula is C24H20N2O3. The number of pyridine rings is 1. The number of nitrogens with one attached hydrogen (secondary N) is 1. The van der Waals surface area contributed by atoms with E-state index < -0.39 is 5.97 Å². The van der Waals surface area contributed by atoms with Crippen molar-refractivity contribution in [3.63, 3.8) is 0 Å². The van der Waals surface area contributed by atoms with Crippen LogP contribution in [0.25, 0.3) is 17.2 Å². The van der Waals surface area contributed by atoms with Crippen LogP contribution in [0.2, 0.25) is 0 Å². The Balaban J connectivity index is 1.77. The van der Waals surface area contributed by atoms with Gasteiger partial charge in [0.05, 0.1) is 5.92 Å². The molecule has 0 amide bonds. The molecule has 0 bridgehead atoms. The van der Waals surface area contributed by atoms with Gasteiger partial charge >= 0.3 is 5.97 Å². The van der Waals surface area contributed by atoms with Crippen molar-refractivity contribution in [1.29, 1.82) is 0 Å². The van der Waals surface area contributed by atoms with Crippen LogP contribution in [-0.2, 0) is 4.79 Å². The van der Waals surface area contributed by atoms with Crippen molar-refractivity contribution in [3.8, 4) is 11.1 Å². The molecule has 4 rings (SSSR count). The van der Waals surface area contributed by atoms with E-state index in [0.29, 0.717) is 6.54 Å². The van der Waals surface area contributed by atoms with Gasteiger partial charge in [0.25, 0.3) is 0 Å². The number of carbonyl (C=O) groups is 2. The van der Waals surface area contributed by atoms with Crippen LogP contribution in [0.4, 0.5) is 5.82 Å². The van der Waals surface area contributed by atoms with E-state index in [4.69, 9.17) is 5.11 Å². The molecule has 29 heavy (non-hydrogen) atoms. The summed E-state index contributed by atoms with van der Waals surface area (Å²) in [6.07, 6.45) is 4.39. The molecule has 1 aliphatic heterocycles. The largest absolute Gasteiger partial charge is 0.478 e. The zero-order valence-corrected chi connectivity index (χ0v) is 15.9. The third-order valence-electron chi connectivity index (χ3n) is 5.16. The van der Waals surface area contributed by atoms with E-state index in [1.54, 1.807) is 12.3 Å². The number of ketones is 1. The molecule has 3 aromatic rings. The Morgan fingerprint density at radius 2 is 1.97 bits per heavy atom. The zero-order chi connectivity index (χ0) is 20.4. The van der Waals surface area contributed by atoms with Crippen molar-refractivity contribution < 1.29 is 14.7 Å². The maximum atomic E-state index is 13.3. The highest BCUT2D eigenvalue weighted by atomic mass is 16.4. The van der Waals surface area contributed by atoms with Gasteiger partial charge in [-0.2, -0.15) is 0 Å². The van der Waals surface area contributed by atoms with E-state index in [9.17, 15) is 9.59 Å². The highest BCUT2D eigenvalue weighted by molar-refractivity contribution is 6.05. The average molecular weight is 384 g/mol. The number of carboxylic acids is 1. The predicted octanol–water partition coefficient (Wildman–Crippen LogP) is 4.55. The number of hydrogen-bond acceptors (Lipinski definition) is 4. The number of aromatic nitrogens is 1. The number of hydrogen-bond donors (Lipinski definition) is 2. The van der Waals surface area contributed by atoms with Crippen LogP contribution >= 0.6 is 0 Å². The Kier molecular flexibility index (Phi) is 4.96. The van der Waals surface area contributed by atoms with E-state index in [2.05, 4.69) is 10.3 Å². The summed E-state index contributed by atoms with van der Waals surface area (Å²) in [5, 5.41) is 12.1. The summed E-state index contributed by atoms with van der Waals surface area (Å²) in [4.78, 5) is 28.6. The lowest BCUT2D eigenvalue weighted by Gasteiger charge is -2.15. The molecule has 0 radical (unpaired) electrons. The van der Waals surface area contributed by atoms with Gasteiger partial charge in [0, 0.05) is 29.9 Å². The van der Waals surface area contributed by atoms with Gasteiger partial charge in [0.2, 0.25) is 0 Å². The van der Waals surface area contributed by atoms with Gasteiger partial charge in [0.15, 0.2) is 5.78 Å². The first-order chi connectivity index (χ1) is 14.0. The number of nitrogens with zero attached hydrogens (tertiary/aromatic N) is 1. The highest BCUT2D eigenvalue weighted by Crippen LogP contribution is 2.40. The quantitative estimate of drug-likeness (QED) is 0.498. The van der Waals surface area contributed by atoms with E-state index in [-0.39, 0.29) is 11.7 Å². The van der Waals surface area contributed by atoms with Crippen molar-refractivity contribution in [1.82, 2.24) is 4.98 Å². The molecule has 0 aliphatic carbocycles. The Morgan fingerprint density at radius 3 is 2.76 bits per heavy atom. The Morgan fingerprint density at radius 1 is 1.14 bits per heavy atom. The summed E-state index contributed by atoms with van der Waals surface area (Å²) in [7, 11) is 0. The number of aliphatic carboxylic acids is 1. The second-order valence-electron chi connectivity index (χ2n) is 7.03. The van der Waals surface area contributed by atoms with E-state index in [1.807, 2.05) is 61.5 Å². The normalized spacial score (nSPS) is 15.1. The molecule has 1 aliphatic rings. The van der Waals surface area contributed by atoms with Gasteiger partial charge in [-0.3, -0.25) is 4.79 Å². The van der Waals surface area contributed by atoms with Crippen molar-refractivity contribution in [2.45, 2.75) is 12.8 Å². The molecule has 144 valence electrons. The monoisotopic (exact) mass is 384 g/mol.